The number of carbonyl (C=O) groups excluding carboxylic acids is 1. The number of amides is 1. The van der Waals surface area contributed by atoms with E-state index in [4.69, 9.17) is 14.3 Å². The van der Waals surface area contributed by atoms with Crippen molar-refractivity contribution in [1.82, 2.24) is 5.32 Å². The van der Waals surface area contributed by atoms with Crippen LogP contribution in [-0.2, 0) is 22.4 Å². The van der Waals surface area contributed by atoms with Crippen LogP contribution in [0, 0.1) is 0 Å². The van der Waals surface area contributed by atoms with Gasteiger partial charge in [0.25, 0.3) is 5.91 Å². The van der Waals surface area contributed by atoms with Gasteiger partial charge in [-0.05, 0) is 55.4 Å². The van der Waals surface area contributed by atoms with Crippen molar-refractivity contribution in [2.24, 2.45) is 0 Å². The van der Waals surface area contributed by atoms with Crippen molar-refractivity contribution in [3.63, 3.8) is 0 Å². The van der Waals surface area contributed by atoms with Crippen LogP contribution in [0.3, 0.4) is 0 Å². The molecule has 1 aliphatic rings. The van der Waals surface area contributed by atoms with E-state index in [1.807, 2.05) is 12.3 Å². The summed E-state index contributed by atoms with van der Waals surface area (Å²) in [5, 5.41) is 12.5. The fourth-order valence-electron chi connectivity index (χ4n) is 3.23. The molecule has 144 valence electrons. The summed E-state index contributed by atoms with van der Waals surface area (Å²) in [4.78, 5) is 35.2. The summed E-state index contributed by atoms with van der Waals surface area (Å²) in [5.74, 6) is -0.570. The maximum atomic E-state index is 12.0. The van der Waals surface area contributed by atoms with Gasteiger partial charge in [0.1, 0.15) is 17.4 Å². The number of fused-ring (bicyclic) bond motifs is 3. The fraction of sp³-hybridized carbons (Fsp3) is 0.421. The molecule has 1 amide bonds. The largest absolute Gasteiger partial charge is 0.484 e. The van der Waals surface area contributed by atoms with Gasteiger partial charge in [0.2, 0.25) is 0 Å². The van der Waals surface area contributed by atoms with Gasteiger partial charge in [-0.3, -0.25) is 4.79 Å². The van der Waals surface area contributed by atoms with Crippen molar-refractivity contribution in [3.05, 3.63) is 39.7 Å². The van der Waals surface area contributed by atoms with Gasteiger partial charge in [0, 0.05) is 17.0 Å². The van der Waals surface area contributed by atoms with Crippen molar-refractivity contribution >= 4 is 34.6 Å². The average molecular weight is 391 g/mol. The van der Waals surface area contributed by atoms with E-state index >= 15 is 0 Å². The highest BCUT2D eigenvalue weighted by Crippen LogP contribution is 2.29. The summed E-state index contributed by atoms with van der Waals surface area (Å²) in [7, 11) is 0. The molecule has 2 aromatic rings. The van der Waals surface area contributed by atoms with Crippen LogP contribution in [0.25, 0.3) is 11.0 Å². The second-order valence-corrected chi connectivity index (χ2v) is 7.37. The molecule has 1 aromatic heterocycles. The monoisotopic (exact) mass is 391 g/mol. The molecule has 0 saturated heterocycles. The fourth-order valence-corrected chi connectivity index (χ4v) is 3.70. The molecule has 1 heterocycles. The number of hydrogen-bond acceptors (Lipinski definition) is 6. The molecule has 27 heavy (non-hydrogen) atoms. The smallest absolute Gasteiger partial charge is 0.339 e. The van der Waals surface area contributed by atoms with Crippen LogP contribution >= 0.6 is 11.8 Å². The van der Waals surface area contributed by atoms with Crippen molar-refractivity contribution < 1.29 is 23.8 Å². The number of nitrogens with one attached hydrogen (secondary N) is 1. The van der Waals surface area contributed by atoms with E-state index in [2.05, 4.69) is 5.32 Å². The molecular formula is C19H21NO6S. The molecule has 3 rings (SSSR count). The molecule has 0 saturated carbocycles. The maximum Gasteiger partial charge on any atom is 0.339 e. The van der Waals surface area contributed by atoms with E-state index in [0.29, 0.717) is 23.5 Å². The molecule has 0 aliphatic heterocycles. The molecule has 0 fully saturated rings. The van der Waals surface area contributed by atoms with Gasteiger partial charge in [0.15, 0.2) is 6.61 Å². The van der Waals surface area contributed by atoms with Crippen LogP contribution in [0.1, 0.15) is 24.0 Å². The number of ether oxygens (including phenoxy) is 1. The molecule has 1 aliphatic carbocycles. The second-order valence-electron chi connectivity index (χ2n) is 6.39. The molecule has 1 atom stereocenters. The molecular weight excluding hydrogens is 370 g/mol. The lowest BCUT2D eigenvalue weighted by atomic mass is 10.1. The zero-order valence-electron chi connectivity index (χ0n) is 14.9. The number of rotatable bonds is 8. The molecule has 0 radical (unpaired) electrons. The molecule has 2 N–H and O–H groups in total. The maximum absolute atomic E-state index is 12.0. The van der Waals surface area contributed by atoms with Crippen LogP contribution in [0.5, 0.6) is 5.75 Å². The van der Waals surface area contributed by atoms with Crippen molar-refractivity contribution in [3.8, 4) is 5.75 Å². The van der Waals surface area contributed by atoms with Gasteiger partial charge >= 0.3 is 11.6 Å². The second kappa shape index (κ2) is 8.47. The molecule has 0 bridgehead atoms. The SMILES string of the molecule is CSCC[C@H](NC(=O)COc1ccc2c3c(c(=O)oc2c1)CCC3)C(=O)O. The summed E-state index contributed by atoms with van der Waals surface area (Å²) in [6.45, 7) is -0.316. The Hall–Kier alpha value is -2.48. The number of hydrogen-bond donors (Lipinski definition) is 2. The summed E-state index contributed by atoms with van der Waals surface area (Å²) in [6, 6.07) is 4.20. The number of benzene rings is 1. The van der Waals surface area contributed by atoms with Gasteiger partial charge in [-0.2, -0.15) is 11.8 Å². The predicted octanol–water partition coefficient (Wildman–Crippen LogP) is 1.98. The average Bonchev–Trinajstić information content (AvgIpc) is 3.13. The number of aryl methyl sites for hydroxylation is 1. The highest BCUT2D eigenvalue weighted by Gasteiger charge is 2.21. The highest BCUT2D eigenvalue weighted by molar-refractivity contribution is 7.98. The Balaban J connectivity index is 1.66. The lowest BCUT2D eigenvalue weighted by Crippen LogP contribution is -2.43. The van der Waals surface area contributed by atoms with E-state index in [1.54, 1.807) is 12.1 Å². The van der Waals surface area contributed by atoms with Crippen LogP contribution < -0.4 is 15.7 Å². The third-order valence-corrected chi connectivity index (χ3v) is 5.20. The topological polar surface area (TPSA) is 106 Å². The molecule has 8 heteroatoms. The normalized spacial score (nSPS) is 14.0. The third kappa shape index (κ3) is 4.44. The highest BCUT2D eigenvalue weighted by atomic mass is 32.2. The molecule has 0 spiro atoms. The summed E-state index contributed by atoms with van der Waals surface area (Å²) in [6.07, 6.45) is 4.75. The van der Waals surface area contributed by atoms with E-state index in [1.165, 1.54) is 11.8 Å². The minimum Gasteiger partial charge on any atom is -0.484 e. The van der Waals surface area contributed by atoms with Gasteiger partial charge in [-0.25, -0.2) is 9.59 Å². The number of carboxylic acids is 1. The first-order valence-corrected chi connectivity index (χ1v) is 10.1. The van der Waals surface area contributed by atoms with Gasteiger partial charge in [-0.15, -0.1) is 0 Å². The molecule has 0 unspecified atom stereocenters. The minimum absolute atomic E-state index is 0.316. The minimum atomic E-state index is -1.07. The van der Waals surface area contributed by atoms with Gasteiger partial charge < -0.3 is 19.6 Å². The zero-order valence-corrected chi connectivity index (χ0v) is 15.8. The lowest BCUT2D eigenvalue weighted by molar-refractivity contribution is -0.142. The first-order chi connectivity index (χ1) is 13.0. The quantitative estimate of drug-likeness (QED) is 0.663. The Morgan fingerprint density at radius 3 is 2.85 bits per heavy atom. The van der Waals surface area contributed by atoms with Gasteiger partial charge in [-0.1, -0.05) is 0 Å². The molecule has 7 nitrogen and oxygen atoms in total. The Morgan fingerprint density at radius 1 is 1.33 bits per heavy atom. The Morgan fingerprint density at radius 2 is 2.11 bits per heavy atom. The standard InChI is InChI=1S/C19H21NO6S/c1-27-8-7-15(18(22)23)20-17(21)10-25-11-5-6-13-12-3-2-4-14(12)19(24)26-16(13)9-11/h5-6,9,15H,2-4,7-8,10H2,1H3,(H,20,21)(H,22,23)/t15-/m0/s1. The number of aliphatic carboxylic acids is 1. The van der Waals surface area contributed by atoms with Crippen LogP contribution in [-0.4, -0.2) is 41.6 Å². The first-order valence-electron chi connectivity index (χ1n) is 8.72. The van der Waals surface area contributed by atoms with E-state index in [0.717, 1.165) is 35.8 Å². The first kappa shape index (κ1) is 19.3. The van der Waals surface area contributed by atoms with Crippen LogP contribution in [0.15, 0.2) is 27.4 Å². The van der Waals surface area contributed by atoms with E-state index < -0.39 is 17.9 Å². The Labute approximate surface area is 160 Å². The summed E-state index contributed by atoms with van der Waals surface area (Å²) < 4.78 is 10.8. The molecule has 1 aromatic carbocycles. The summed E-state index contributed by atoms with van der Waals surface area (Å²) in [5.41, 5.74) is 1.90. The lowest BCUT2D eigenvalue weighted by Gasteiger charge is -2.14. The van der Waals surface area contributed by atoms with Gasteiger partial charge in [0.05, 0.1) is 0 Å². The predicted molar refractivity (Wildman–Crippen MR) is 103 cm³/mol. The van der Waals surface area contributed by atoms with Crippen LogP contribution in [0.2, 0.25) is 0 Å². The number of thioether (sulfide) groups is 1. The Kier molecular flexibility index (Phi) is 6.05. The Bertz CT molecular complexity index is 922. The van der Waals surface area contributed by atoms with Crippen molar-refractivity contribution in [1.29, 1.82) is 0 Å². The van der Waals surface area contributed by atoms with Crippen LogP contribution in [0.4, 0.5) is 0 Å². The van der Waals surface area contributed by atoms with E-state index in [-0.39, 0.29) is 12.2 Å². The zero-order chi connectivity index (χ0) is 19.4. The van der Waals surface area contributed by atoms with E-state index in [9.17, 15) is 14.4 Å². The number of carbonyl (C=O) groups is 2. The third-order valence-electron chi connectivity index (χ3n) is 4.56. The number of carboxylic acid groups (broad SMARTS) is 1. The van der Waals surface area contributed by atoms with Crippen molar-refractivity contribution in [2.75, 3.05) is 18.6 Å². The van der Waals surface area contributed by atoms with Crippen molar-refractivity contribution in [2.45, 2.75) is 31.7 Å². The summed E-state index contributed by atoms with van der Waals surface area (Å²) >= 11 is 1.51.